The average molecular weight is 242 g/mol. The number of nitrogens with two attached hydrogens (primary N) is 1. The van der Waals surface area contributed by atoms with Crippen LogP contribution in [-0.4, -0.2) is 15.0 Å². The average Bonchev–Trinajstić information content (AvgIpc) is 2.76. The molecular weight excluding hydrogens is 232 g/mol. The van der Waals surface area contributed by atoms with Gasteiger partial charge >= 0.3 is 0 Å². The number of aromatic nitrogens is 3. The van der Waals surface area contributed by atoms with Crippen LogP contribution in [0, 0.1) is 6.92 Å². The summed E-state index contributed by atoms with van der Waals surface area (Å²) in [5, 5.41) is 1.88. The summed E-state index contributed by atoms with van der Waals surface area (Å²) in [4.78, 5) is 14.0. The number of rotatable bonds is 1. The summed E-state index contributed by atoms with van der Waals surface area (Å²) < 4.78 is 0. The second-order valence-electron chi connectivity index (χ2n) is 3.69. The largest absolute Gasteiger partial charge is 0.383 e. The Hall–Kier alpha value is -2.01. The van der Waals surface area contributed by atoms with Gasteiger partial charge in [-0.25, -0.2) is 15.0 Å². The third-order valence-electron chi connectivity index (χ3n) is 2.47. The molecule has 0 amide bonds. The molecule has 0 spiro atoms. The second-order valence-corrected chi connectivity index (χ2v) is 4.93. The molecule has 2 aromatic heterocycles. The lowest BCUT2D eigenvalue weighted by atomic mass is 10.2. The first-order valence-corrected chi connectivity index (χ1v) is 6.01. The number of nitrogen functional groups attached to an aromatic ring is 1. The van der Waals surface area contributed by atoms with E-state index in [0.717, 1.165) is 20.8 Å². The molecule has 17 heavy (non-hydrogen) atoms. The Labute approximate surface area is 102 Å². The summed E-state index contributed by atoms with van der Waals surface area (Å²) in [7, 11) is 0. The Morgan fingerprint density at radius 2 is 2.00 bits per heavy atom. The minimum Gasteiger partial charge on any atom is -0.383 e. The molecule has 4 nitrogen and oxygen atoms in total. The highest BCUT2D eigenvalue weighted by Crippen LogP contribution is 2.26. The van der Waals surface area contributed by atoms with Crippen molar-refractivity contribution in [2.24, 2.45) is 0 Å². The Kier molecular flexibility index (Phi) is 2.26. The molecule has 0 bridgehead atoms. The smallest absolute Gasteiger partial charge is 0.173 e. The standard InChI is InChI=1S/C12H10N4S/c1-7-14-6-10(17-7)12-15-9-5-3-2-4-8(9)11(13)16-12/h2-6H,1H3,(H2,13,15,16). The lowest BCUT2D eigenvalue weighted by Gasteiger charge is -2.02. The van der Waals surface area contributed by atoms with Crippen LogP contribution in [-0.2, 0) is 0 Å². The minimum absolute atomic E-state index is 0.511. The van der Waals surface area contributed by atoms with Crippen LogP contribution in [0.3, 0.4) is 0 Å². The number of benzene rings is 1. The summed E-state index contributed by atoms with van der Waals surface area (Å²) >= 11 is 1.57. The molecule has 2 heterocycles. The maximum absolute atomic E-state index is 5.93. The van der Waals surface area contributed by atoms with Crippen molar-refractivity contribution in [3.05, 3.63) is 35.5 Å². The van der Waals surface area contributed by atoms with Crippen molar-refractivity contribution < 1.29 is 0 Å². The van der Waals surface area contributed by atoms with E-state index < -0.39 is 0 Å². The predicted octanol–water partition coefficient (Wildman–Crippen LogP) is 2.64. The van der Waals surface area contributed by atoms with E-state index in [1.807, 2.05) is 31.2 Å². The van der Waals surface area contributed by atoms with E-state index in [1.54, 1.807) is 17.5 Å². The molecule has 0 aliphatic heterocycles. The lowest BCUT2D eigenvalue weighted by molar-refractivity contribution is 1.23. The molecule has 3 aromatic rings. The molecular formula is C12H10N4S. The van der Waals surface area contributed by atoms with Crippen molar-refractivity contribution in [2.45, 2.75) is 6.92 Å². The van der Waals surface area contributed by atoms with Crippen molar-refractivity contribution in [2.75, 3.05) is 5.73 Å². The first kappa shape index (κ1) is 10.2. The zero-order valence-electron chi connectivity index (χ0n) is 9.21. The number of fused-ring (bicyclic) bond motifs is 1. The number of para-hydroxylation sites is 1. The van der Waals surface area contributed by atoms with Gasteiger partial charge in [0, 0.05) is 11.6 Å². The number of aryl methyl sites for hydroxylation is 1. The fourth-order valence-electron chi connectivity index (χ4n) is 1.68. The molecule has 2 N–H and O–H groups in total. The van der Waals surface area contributed by atoms with E-state index in [-0.39, 0.29) is 0 Å². The van der Waals surface area contributed by atoms with Gasteiger partial charge in [0.1, 0.15) is 5.82 Å². The fourth-order valence-corrected chi connectivity index (χ4v) is 2.39. The molecule has 0 saturated heterocycles. The monoisotopic (exact) mass is 242 g/mol. The number of nitrogens with zero attached hydrogens (tertiary/aromatic N) is 3. The Bertz CT molecular complexity index is 690. The molecule has 3 rings (SSSR count). The zero-order valence-corrected chi connectivity index (χ0v) is 10.0. The van der Waals surface area contributed by atoms with Gasteiger partial charge in [-0.2, -0.15) is 0 Å². The van der Waals surface area contributed by atoms with Gasteiger partial charge in [0.15, 0.2) is 5.82 Å². The van der Waals surface area contributed by atoms with Gasteiger partial charge in [-0.1, -0.05) is 12.1 Å². The maximum atomic E-state index is 5.93. The Morgan fingerprint density at radius 1 is 1.18 bits per heavy atom. The van der Waals surface area contributed by atoms with Crippen LogP contribution in [0.2, 0.25) is 0 Å². The van der Waals surface area contributed by atoms with Crippen molar-refractivity contribution >= 4 is 28.1 Å². The number of thiazole rings is 1. The number of anilines is 1. The molecule has 1 aromatic carbocycles. The van der Waals surface area contributed by atoms with Gasteiger partial charge in [0.25, 0.3) is 0 Å². The summed E-state index contributed by atoms with van der Waals surface area (Å²) in [6, 6.07) is 7.73. The fraction of sp³-hybridized carbons (Fsp3) is 0.0833. The van der Waals surface area contributed by atoms with E-state index in [1.165, 1.54) is 0 Å². The molecule has 0 aliphatic rings. The van der Waals surface area contributed by atoms with Crippen LogP contribution in [0.25, 0.3) is 21.6 Å². The Balaban J connectivity index is 2.25. The topological polar surface area (TPSA) is 64.7 Å². The molecule has 0 atom stereocenters. The normalized spacial score (nSPS) is 10.9. The molecule has 0 radical (unpaired) electrons. The number of hydrogen-bond acceptors (Lipinski definition) is 5. The first-order chi connectivity index (χ1) is 8.24. The van der Waals surface area contributed by atoms with E-state index >= 15 is 0 Å². The van der Waals surface area contributed by atoms with Crippen LogP contribution in [0.1, 0.15) is 5.01 Å². The van der Waals surface area contributed by atoms with Crippen molar-refractivity contribution in [1.29, 1.82) is 0 Å². The summed E-state index contributed by atoms with van der Waals surface area (Å²) in [5.41, 5.74) is 6.80. The molecule has 0 unspecified atom stereocenters. The Morgan fingerprint density at radius 3 is 2.76 bits per heavy atom. The van der Waals surface area contributed by atoms with Gasteiger partial charge in [-0.15, -0.1) is 11.3 Å². The van der Waals surface area contributed by atoms with Gasteiger partial charge in [0.05, 0.1) is 15.4 Å². The SMILES string of the molecule is Cc1ncc(-c2nc(N)c3ccccc3n2)s1. The highest BCUT2D eigenvalue weighted by atomic mass is 32.1. The van der Waals surface area contributed by atoms with E-state index in [4.69, 9.17) is 5.73 Å². The van der Waals surface area contributed by atoms with Gasteiger partial charge in [-0.05, 0) is 19.1 Å². The summed E-state index contributed by atoms with van der Waals surface area (Å²) in [5.74, 6) is 1.16. The predicted molar refractivity (Wildman–Crippen MR) is 69.8 cm³/mol. The van der Waals surface area contributed by atoms with Crippen LogP contribution in [0.5, 0.6) is 0 Å². The van der Waals surface area contributed by atoms with E-state index in [2.05, 4.69) is 15.0 Å². The molecule has 84 valence electrons. The molecule has 5 heteroatoms. The maximum Gasteiger partial charge on any atom is 0.173 e. The van der Waals surface area contributed by atoms with Crippen molar-refractivity contribution in [3.8, 4) is 10.7 Å². The van der Waals surface area contributed by atoms with Crippen molar-refractivity contribution in [3.63, 3.8) is 0 Å². The number of hydrogen-bond donors (Lipinski definition) is 1. The van der Waals surface area contributed by atoms with E-state index in [0.29, 0.717) is 11.6 Å². The van der Waals surface area contributed by atoms with Gasteiger partial charge in [0.2, 0.25) is 0 Å². The highest BCUT2D eigenvalue weighted by Gasteiger charge is 2.08. The summed E-state index contributed by atoms with van der Waals surface area (Å²) in [6.07, 6.45) is 1.78. The molecule has 0 fully saturated rings. The molecule has 0 aliphatic carbocycles. The van der Waals surface area contributed by atoms with Crippen molar-refractivity contribution in [1.82, 2.24) is 15.0 Å². The van der Waals surface area contributed by atoms with Gasteiger partial charge in [-0.3, -0.25) is 0 Å². The summed E-state index contributed by atoms with van der Waals surface area (Å²) in [6.45, 7) is 1.96. The minimum atomic E-state index is 0.511. The quantitative estimate of drug-likeness (QED) is 0.712. The van der Waals surface area contributed by atoms with Gasteiger partial charge < -0.3 is 5.73 Å². The first-order valence-electron chi connectivity index (χ1n) is 5.19. The van der Waals surface area contributed by atoms with Crippen LogP contribution in [0.15, 0.2) is 30.5 Å². The zero-order chi connectivity index (χ0) is 11.8. The van der Waals surface area contributed by atoms with Crippen LogP contribution in [0.4, 0.5) is 5.82 Å². The lowest BCUT2D eigenvalue weighted by Crippen LogP contribution is -1.96. The highest BCUT2D eigenvalue weighted by molar-refractivity contribution is 7.14. The van der Waals surface area contributed by atoms with Crippen LogP contribution >= 0.6 is 11.3 Å². The third kappa shape index (κ3) is 1.74. The van der Waals surface area contributed by atoms with Crippen LogP contribution < -0.4 is 5.73 Å². The van der Waals surface area contributed by atoms with E-state index in [9.17, 15) is 0 Å². The molecule has 0 saturated carbocycles. The third-order valence-corrected chi connectivity index (χ3v) is 3.38. The second kappa shape index (κ2) is 3.78.